The van der Waals surface area contributed by atoms with Crippen molar-refractivity contribution < 1.29 is 17.9 Å². The Kier molecular flexibility index (Phi) is 6.96. The third-order valence-electron chi connectivity index (χ3n) is 2.02. The fourth-order valence-corrected chi connectivity index (χ4v) is 1.94. The molecule has 0 rings (SSSR count). The Bertz CT molecular complexity index is 169. The number of ether oxygens (including phenoxy) is 1. The molecule has 0 bridgehead atoms. The van der Waals surface area contributed by atoms with Crippen LogP contribution >= 0.6 is 23.2 Å². The largest absolute Gasteiger partial charge is 0.411 e. The zero-order chi connectivity index (χ0) is 11.9. The minimum atomic E-state index is -4.30. The molecule has 6 heteroatoms. The van der Waals surface area contributed by atoms with Crippen LogP contribution in [0.1, 0.15) is 19.8 Å². The molecule has 15 heavy (non-hydrogen) atoms. The van der Waals surface area contributed by atoms with Gasteiger partial charge in [0.05, 0.1) is 6.61 Å². The fourth-order valence-electron chi connectivity index (χ4n) is 1.23. The molecule has 0 aliphatic carbocycles. The smallest absolute Gasteiger partial charge is 0.371 e. The van der Waals surface area contributed by atoms with Gasteiger partial charge in [0, 0.05) is 17.2 Å². The van der Waals surface area contributed by atoms with Gasteiger partial charge < -0.3 is 4.74 Å². The van der Waals surface area contributed by atoms with Crippen LogP contribution in [-0.2, 0) is 4.74 Å². The van der Waals surface area contributed by atoms with Crippen LogP contribution in [0.15, 0.2) is 0 Å². The standard InChI is InChI=1S/C9H15Cl2F3O/c1-2-3-8(4-10,5-11)6-15-7-9(12,13)14/h2-7H2,1H3. The average Bonchev–Trinajstić information content (AvgIpc) is 2.14. The third kappa shape index (κ3) is 6.48. The van der Waals surface area contributed by atoms with Gasteiger partial charge >= 0.3 is 6.18 Å². The molecule has 0 aromatic heterocycles. The van der Waals surface area contributed by atoms with Crippen molar-refractivity contribution in [3.05, 3.63) is 0 Å². The topological polar surface area (TPSA) is 9.23 Å². The summed E-state index contributed by atoms with van der Waals surface area (Å²) in [5.74, 6) is 0.421. The van der Waals surface area contributed by atoms with E-state index >= 15 is 0 Å². The minimum Gasteiger partial charge on any atom is -0.371 e. The highest BCUT2D eigenvalue weighted by Crippen LogP contribution is 2.28. The molecule has 0 aromatic rings. The van der Waals surface area contributed by atoms with Gasteiger partial charge in [-0.25, -0.2) is 0 Å². The third-order valence-corrected chi connectivity index (χ3v) is 3.16. The SMILES string of the molecule is CCCC(CCl)(CCl)COCC(F)(F)F. The van der Waals surface area contributed by atoms with Crippen molar-refractivity contribution in [1.82, 2.24) is 0 Å². The van der Waals surface area contributed by atoms with Crippen molar-refractivity contribution in [3.8, 4) is 0 Å². The molecule has 0 aliphatic heterocycles. The van der Waals surface area contributed by atoms with E-state index in [1.165, 1.54) is 0 Å². The lowest BCUT2D eigenvalue weighted by Gasteiger charge is -2.29. The average molecular weight is 267 g/mol. The molecule has 0 aromatic carbocycles. The van der Waals surface area contributed by atoms with Crippen molar-refractivity contribution in [2.24, 2.45) is 5.41 Å². The molecule has 1 nitrogen and oxygen atoms in total. The Hall–Kier alpha value is 0.330. The first-order valence-electron chi connectivity index (χ1n) is 4.65. The summed E-state index contributed by atoms with van der Waals surface area (Å²) < 4.78 is 40.1. The van der Waals surface area contributed by atoms with E-state index in [-0.39, 0.29) is 18.4 Å². The summed E-state index contributed by atoms with van der Waals surface area (Å²) in [4.78, 5) is 0. The highest BCUT2D eigenvalue weighted by Gasteiger charge is 2.32. The molecule has 0 saturated heterocycles. The lowest BCUT2D eigenvalue weighted by Crippen LogP contribution is -2.33. The molecule has 92 valence electrons. The van der Waals surface area contributed by atoms with Gasteiger partial charge in [0.1, 0.15) is 6.61 Å². The Morgan fingerprint density at radius 1 is 1.07 bits per heavy atom. The summed E-state index contributed by atoms with van der Waals surface area (Å²) in [6.45, 7) is 0.636. The van der Waals surface area contributed by atoms with Gasteiger partial charge in [0.25, 0.3) is 0 Å². The number of alkyl halides is 5. The van der Waals surface area contributed by atoms with Crippen LogP contribution in [-0.4, -0.2) is 31.2 Å². The van der Waals surface area contributed by atoms with Crippen molar-refractivity contribution >= 4 is 23.2 Å². The number of hydrogen-bond donors (Lipinski definition) is 0. The van der Waals surface area contributed by atoms with E-state index < -0.39 is 18.2 Å². The lowest BCUT2D eigenvalue weighted by atomic mass is 9.88. The summed E-state index contributed by atoms with van der Waals surface area (Å²) in [6.07, 6.45) is -2.82. The van der Waals surface area contributed by atoms with E-state index in [1.807, 2.05) is 6.92 Å². The first-order valence-corrected chi connectivity index (χ1v) is 5.72. The number of halogens is 5. The minimum absolute atomic E-state index is 0.0483. The highest BCUT2D eigenvalue weighted by atomic mass is 35.5. The van der Waals surface area contributed by atoms with Gasteiger partial charge in [-0.3, -0.25) is 0 Å². The molecule has 0 aliphatic rings. The Labute approximate surface area is 97.9 Å². The van der Waals surface area contributed by atoms with E-state index in [0.29, 0.717) is 6.42 Å². The summed E-state index contributed by atoms with van der Waals surface area (Å²) in [5, 5.41) is 0. The first-order chi connectivity index (χ1) is 6.89. The molecule has 0 unspecified atom stereocenters. The second-order valence-corrected chi connectivity index (χ2v) is 4.16. The molecule has 0 spiro atoms. The summed E-state index contributed by atoms with van der Waals surface area (Å²) in [6, 6.07) is 0. The maximum absolute atomic E-state index is 11.8. The Morgan fingerprint density at radius 2 is 1.60 bits per heavy atom. The van der Waals surface area contributed by atoms with Crippen molar-refractivity contribution in [2.45, 2.75) is 25.9 Å². The summed E-state index contributed by atoms with van der Waals surface area (Å²) in [7, 11) is 0. The normalized spacial score (nSPS) is 13.2. The summed E-state index contributed by atoms with van der Waals surface area (Å²) in [5.41, 5.74) is -0.539. The van der Waals surface area contributed by atoms with E-state index in [4.69, 9.17) is 23.2 Å². The van der Waals surface area contributed by atoms with Gasteiger partial charge in [-0.2, -0.15) is 13.2 Å². The van der Waals surface area contributed by atoms with Crippen LogP contribution in [0.3, 0.4) is 0 Å². The second kappa shape index (κ2) is 6.81. The van der Waals surface area contributed by atoms with Crippen molar-refractivity contribution in [1.29, 1.82) is 0 Å². The van der Waals surface area contributed by atoms with Crippen LogP contribution < -0.4 is 0 Å². The Balaban J connectivity index is 4.06. The fraction of sp³-hybridized carbons (Fsp3) is 1.00. The number of rotatable bonds is 7. The van der Waals surface area contributed by atoms with Gasteiger partial charge in [-0.15, -0.1) is 23.2 Å². The maximum Gasteiger partial charge on any atom is 0.411 e. The van der Waals surface area contributed by atoms with Crippen LogP contribution in [0, 0.1) is 5.41 Å². The molecule has 0 radical (unpaired) electrons. The quantitative estimate of drug-likeness (QED) is 0.637. The Morgan fingerprint density at radius 3 is 1.93 bits per heavy atom. The van der Waals surface area contributed by atoms with Crippen LogP contribution in [0.5, 0.6) is 0 Å². The monoisotopic (exact) mass is 266 g/mol. The summed E-state index contributed by atoms with van der Waals surface area (Å²) >= 11 is 11.4. The maximum atomic E-state index is 11.8. The van der Waals surface area contributed by atoms with E-state index in [9.17, 15) is 13.2 Å². The van der Waals surface area contributed by atoms with Crippen molar-refractivity contribution in [2.75, 3.05) is 25.0 Å². The predicted octanol–water partition coefficient (Wildman–Crippen LogP) is 3.83. The van der Waals surface area contributed by atoms with Crippen LogP contribution in [0.25, 0.3) is 0 Å². The molecule has 0 fully saturated rings. The van der Waals surface area contributed by atoms with Gasteiger partial charge in [0.2, 0.25) is 0 Å². The molecular formula is C9H15Cl2F3O. The van der Waals surface area contributed by atoms with Gasteiger partial charge in [-0.05, 0) is 6.42 Å². The molecule has 0 N–H and O–H groups in total. The predicted molar refractivity (Wildman–Crippen MR) is 55.7 cm³/mol. The highest BCUT2D eigenvalue weighted by molar-refractivity contribution is 6.21. The molecule has 0 atom stereocenters. The van der Waals surface area contributed by atoms with Gasteiger partial charge in [0.15, 0.2) is 0 Å². The zero-order valence-electron chi connectivity index (χ0n) is 8.54. The van der Waals surface area contributed by atoms with Crippen LogP contribution in [0.2, 0.25) is 0 Å². The van der Waals surface area contributed by atoms with E-state index in [0.717, 1.165) is 6.42 Å². The first kappa shape index (κ1) is 15.3. The van der Waals surface area contributed by atoms with Crippen LogP contribution in [0.4, 0.5) is 13.2 Å². The molecule has 0 amide bonds. The van der Waals surface area contributed by atoms with Gasteiger partial charge in [-0.1, -0.05) is 13.3 Å². The number of hydrogen-bond acceptors (Lipinski definition) is 1. The van der Waals surface area contributed by atoms with E-state index in [1.54, 1.807) is 0 Å². The lowest BCUT2D eigenvalue weighted by molar-refractivity contribution is -0.179. The van der Waals surface area contributed by atoms with Crippen molar-refractivity contribution in [3.63, 3.8) is 0 Å². The zero-order valence-corrected chi connectivity index (χ0v) is 10.1. The van der Waals surface area contributed by atoms with E-state index in [2.05, 4.69) is 4.74 Å². The molecular weight excluding hydrogens is 252 g/mol. The second-order valence-electron chi connectivity index (χ2n) is 3.63. The molecule has 0 saturated carbocycles. The molecule has 0 heterocycles.